The van der Waals surface area contributed by atoms with Crippen molar-refractivity contribution in [3.8, 4) is 5.75 Å². The molecular weight excluding hydrogens is 473 g/mol. The number of amides is 2. The SMILES string of the molecule is COCCN(CC(=O)N1N=C(c2cccc(OC)c2)C[C@@H]1c1ccc(C)cc1)C(=O)c1cccc(F)c1. The van der Waals surface area contributed by atoms with Crippen LogP contribution in [0.5, 0.6) is 5.75 Å². The van der Waals surface area contributed by atoms with Crippen molar-refractivity contribution in [2.24, 2.45) is 5.10 Å². The highest BCUT2D eigenvalue weighted by atomic mass is 19.1. The summed E-state index contributed by atoms with van der Waals surface area (Å²) in [5.41, 5.74) is 3.83. The van der Waals surface area contributed by atoms with Gasteiger partial charge in [-0.3, -0.25) is 9.59 Å². The fourth-order valence-corrected chi connectivity index (χ4v) is 4.26. The number of hydrazone groups is 1. The van der Waals surface area contributed by atoms with Gasteiger partial charge in [0.05, 0.1) is 25.5 Å². The van der Waals surface area contributed by atoms with Gasteiger partial charge in [-0.25, -0.2) is 9.40 Å². The van der Waals surface area contributed by atoms with Gasteiger partial charge in [-0.2, -0.15) is 5.10 Å². The van der Waals surface area contributed by atoms with Crippen molar-refractivity contribution in [3.05, 3.63) is 101 Å². The van der Waals surface area contributed by atoms with Crippen molar-refractivity contribution in [1.82, 2.24) is 9.91 Å². The lowest BCUT2D eigenvalue weighted by molar-refractivity contribution is -0.133. The Balaban J connectivity index is 1.64. The minimum atomic E-state index is -0.518. The number of carbonyl (C=O) groups excluding carboxylic acids is 2. The normalized spacial score (nSPS) is 14.9. The molecule has 0 aromatic heterocycles. The number of methoxy groups -OCH3 is 2. The molecule has 1 atom stereocenters. The molecule has 3 aromatic carbocycles. The van der Waals surface area contributed by atoms with Crippen LogP contribution in [0.25, 0.3) is 0 Å². The Morgan fingerprint density at radius 2 is 1.81 bits per heavy atom. The van der Waals surface area contributed by atoms with Crippen LogP contribution in [0.4, 0.5) is 4.39 Å². The highest BCUT2D eigenvalue weighted by Crippen LogP contribution is 2.33. The molecule has 0 radical (unpaired) electrons. The molecule has 0 spiro atoms. The van der Waals surface area contributed by atoms with Gasteiger partial charge >= 0.3 is 0 Å². The molecule has 1 heterocycles. The molecule has 0 saturated heterocycles. The summed E-state index contributed by atoms with van der Waals surface area (Å²) in [6.45, 7) is 2.18. The summed E-state index contributed by atoms with van der Waals surface area (Å²) in [6, 6.07) is 20.6. The molecule has 0 aliphatic carbocycles. The summed E-state index contributed by atoms with van der Waals surface area (Å²) in [6.07, 6.45) is 0.512. The zero-order valence-corrected chi connectivity index (χ0v) is 21.2. The first-order valence-corrected chi connectivity index (χ1v) is 12.0. The third-order valence-electron chi connectivity index (χ3n) is 6.28. The van der Waals surface area contributed by atoms with E-state index in [4.69, 9.17) is 14.6 Å². The number of rotatable bonds is 9. The molecule has 8 heteroatoms. The number of ether oxygens (including phenoxy) is 2. The van der Waals surface area contributed by atoms with Crippen molar-refractivity contribution in [2.45, 2.75) is 19.4 Å². The van der Waals surface area contributed by atoms with Crippen LogP contribution in [0, 0.1) is 12.7 Å². The van der Waals surface area contributed by atoms with E-state index in [9.17, 15) is 14.0 Å². The highest BCUT2D eigenvalue weighted by molar-refractivity contribution is 6.04. The largest absolute Gasteiger partial charge is 0.497 e. The van der Waals surface area contributed by atoms with Gasteiger partial charge in [0, 0.05) is 31.2 Å². The van der Waals surface area contributed by atoms with Gasteiger partial charge in [0.15, 0.2) is 0 Å². The van der Waals surface area contributed by atoms with E-state index in [1.807, 2.05) is 55.5 Å². The van der Waals surface area contributed by atoms with E-state index in [0.29, 0.717) is 12.2 Å². The second-order valence-corrected chi connectivity index (χ2v) is 8.88. The second kappa shape index (κ2) is 11.8. The number of carbonyl (C=O) groups is 2. The Hall–Kier alpha value is -4.04. The standard InChI is InChI=1S/C29H30FN3O4/c1-20-10-12-21(13-11-20)27-18-26(22-6-5-9-25(17-22)37-3)31-33(27)28(34)19-32(14-15-36-2)29(35)23-7-4-8-24(30)16-23/h4-13,16-17,27H,14-15,18-19H2,1-3H3/t27-/m1/s1. The number of hydrogen-bond donors (Lipinski definition) is 0. The molecule has 192 valence electrons. The van der Waals surface area contributed by atoms with Crippen LogP contribution < -0.4 is 4.74 Å². The van der Waals surface area contributed by atoms with E-state index in [0.717, 1.165) is 28.5 Å². The molecule has 2 amide bonds. The van der Waals surface area contributed by atoms with Gasteiger partial charge in [0.2, 0.25) is 0 Å². The maximum Gasteiger partial charge on any atom is 0.262 e. The predicted molar refractivity (Wildman–Crippen MR) is 139 cm³/mol. The second-order valence-electron chi connectivity index (χ2n) is 8.88. The van der Waals surface area contributed by atoms with Gasteiger partial charge in [0.25, 0.3) is 11.8 Å². The van der Waals surface area contributed by atoms with Crippen molar-refractivity contribution in [3.63, 3.8) is 0 Å². The summed E-state index contributed by atoms with van der Waals surface area (Å²) in [7, 11) is 3.12. The molecule has 0 N–H and O–H groups in total. The van der Waals surface area contributed by atoms with E-state index in [2.05, 4.69) is 0 Å². The summed E-state index contributed by atoms with van der Waals surface area (Å²) < 4.78 is 24.3. The van der Waals surface area contributed by atoms with Gasteiger partial charge in [-0.1, -0.05) is 48.0 Å². The zero-order valence-electron chi connectivity index (χ0n) is 21.2. The molecule has 0 fully saturated rings. The molecule has 4 rings (SSSR count). The molecule has 7 nitrogen and oxygen atoms in total. The van der Waals surface area contributed by atoms with E-state index < -0.39 is 11.7 Å². The van der Waals surface area contributed by atoms with Crippen molar-refractivity contribution in [1.29, 1.82) is 0 Å². The van der Waals surface area contributed by atoms with Crippen LogP contribution in [0.1, 0.15) is 39.5 Å². The van der Waals surface area contributed by atoms with Gasteiger partial charge in [0.1, 0.15) is 18.1 Å². The number of nitrogens with zero attached hydrogens (tertiary/aromatic N) is 3. The molecule has 3 aromatic rings. The average Bonchev–Trinajstić information content (AvgIpc) is 3.37. The van der Waals surface area contributed by atoms with Crippen LogP contribution in [0.2, 0.25) is 0 Å². The van der Waals surface area contributed by atoms with Gasteiger partial charge in [-0.15, -0.1) is 0 Å². The minimum Gasteiger partial charge on any atom is -0.497 e. The summed E-state index contributed by atoms with van der Waals surface area (Å²) in [5, 5.41) is 6.17. The van der Waals surface area contributed by atoms with Crippen molar-refractivity contribution in [2.75, 3.05) is 33.9 Å². The lowest BCUT2D eigenvalue weighted by atomic mass is 9.97. The third kappa shape index (κ3) is 6.21. The highest BCUT2D eigenvalue weighted by Gasteiger charge is 2.34. The van der Waals surface area contributed by atoms with E-state index in [1.54, 1.807) is 7.11 Å². The molecule has 0 saturated carbocycles. The Kier molecular flexibility index (Phi) is 8.30. The predicted octanol–water partition coefficient (Wildman–Crippen LogP) is 4.61. The summed E-state index contributed by atoms with van der Waals surface area (Å²) in [4.78, 5) is 28.2. The maximum atomic E-state index is 13.8. The number of benzene rings is 3. The Bertz CT molecular complexity index is 1290. The van der Waals surface area contributed by atoms with Crippen LogP contribution in [0.3, 0.4) is 0 Å². The molecule has 0 bridgehead atoms. The number of aryl methyl sites for hydroxylation is 1. The molecular formula is C29H30FN3O4. The molecule has 37 heavy (non-hydrogen) atoms. The molecule has 1 aliphatic rings. The van der Waals surface area contributed by atoms with Crippen LogP contribution in [0.15, 0.2) is 77.9 Å². The molecule has 1 aliphatic heterocycles. The Morgan fingerprint density at radius 1 is 1.05 bits per heavy atom. The lowest BCUT2D eigenvalue weighted by Crippen LogP contribution is -2.42. The smallest absolute Gasteiger partial charge is 0.262 e. The third-order valence-corrected chi connectivity index (χ3v) is 6.28. The van der Waals surface area contributed by atoms with E-state index in [-0.39, 0.29) is 37.2 Å². The quantitative estimate of drug-likeness (QED) is 0.428. The van der Waals surface area contributed by atoms with E-state index >= 15 is 0 Å². The maximum absolute atomic E-state index is 13.8. The number of halogens is 1. The minimum absolute atomic E-state index is 0.168. The van der Waals surface area contributed by atoms with Crippen LogP contribution >= 0.6 is 0 Å². The fourth-order valence-electron chi connectivity index (χ4n) is 4.26. The topological polar surface area (TPSA) is 71.4 Å². The zero-order chi connectivity index (χ0) is 26.4. The summed E-state index contributed by atoms with van der Waals surface area (Å²) >= 11 is 0. The first kappa shape index (κ1) is 26.0. The van der Waals surface area contributed by atoms with Crippen molar-refractivity contribution >= 4 is 17.5 Å². The number of hydrogen-bond acceptors (Lipinski definition) is 5. The van der Waals surface area contributed by atoms with Gasteiger partial charge in [-0.05, 0) is 42.8 Å². The molecule has 0 unspecified atom stereocenters. The summed E-state index contributed by atoms with van der Waals surface area (Å²) in [5.74, 6) is -0.615. The Labute approximate surface area is 216 Å². The first-order valence-electron chi connectivity index (χ1n) is 12.0. The average molecular weight is 504 g/mol. The van der Waals surface area contributed by atoms with Gasteiger partial charge < -0.3 is 14.4 Å². The fraction of sp³-hybridized carbons (Fsp3) is 0.276. The monoisotopic (exact) mass is 503 g/mol. The Morgan fingerprint density at radius 3 is 2.51 bits per heavy atom. The van der Waals surface area contributed by atoms with Crippen LogP contribution in [-0.4, -0.2) is 61.4 Å². The lowest BCUT2D eigenvalue weighted by Gasteiger charge is -2.27. The van der Waals surface area contributed by atoms with Crippen molar-refractivity contribution < 1.29 is 23.5 Å². The van der Waals surface area contributed by atoms with E-state index in [1.165, 1.54) is 35.2 Å². The first-order chi connectivity index (χ1) is 17.9. The van der Waals surface area contributed by atoms with Crippen LogP contribution in [-0.2, 0) is 9.53 Å².